The monoisotopic (exact) mass is 212 g/mol. The van der Waals surface area contributed by atoms with E-state index in [0.717, 1.165) is 23.4 Å². The van der Waals surface area contributed by atoms with E-state index in [0.29, 0.717) is 0 Å². The fourth-order valence-electron chi connectivity index (χ4n) is 1.79. The zero-order chi connectivity index (χ0) is 11.5. The van der Waals surface area contributed by atoms with Gasteiger partial charge in [-0.1, -0.05) is 24.3 Å². The quantitative estimate of drug-likeness (QED) is 0.752. The SMILES string of the molecule is Cc1ccccc1Cc1cc(N)ccc1N. The van der Waals surface area contributed by atoms with Crippen LogP contribution in [0.5, 0.6) is 0 Å². The highest BCUT2D eigenvalue weighted by molar-refractivity contribution is 5.56. The molecule has 0 aliphatic carbocycles. The van der Waals surface area contributed by atoms with E-state index in [1.54, 1.807) is 0 Å². The van der Waals surface area contributed by atoms with Crippen LogP contribution in [0.4, 0.5) is 11.4 Å². The number of rotatable bonds is 2. The Morgan fingerprint density at radius 1 is 0.938 bits per heavy atom. The van der Waals surface area contributed by atoms with Crippen LogP contribution in [-0.4, -0.2) is 0 Å². The molecule has 2 aromatic carbocycles. The number of nitrogen functional groups attached to an aromatic ring is 2. The first-order valence-electron chi connectivity index (χ1n) is 5.35. The normalized spacial score (nSPS) is 10.3. The molecule has 0 unspecified atom stereocenters. The van der Waals surface area contributed by atoms with Crippen molar-refractivity contribution in [1.29, 1.82) is 0 Å². The minimum Gasteiger partial charge on any atom is -0.399 e. The highest BCUT2D eigenvalue weighted by Crippen LogP contribution is 2.20. The van der Waals surface area contributed by atoms with E-state index in [4.69, 9.17) is 11.5 Å². The Kier molecular flexibility index (Phi) is 2.82. The summed E-state index contributed by atoms with van der Waals surface area (Å²) in [4.78, 5) is 0. The summed E-state index contributed by atoms with van der Waals surface area (Å²) in [6.07, 6.45) is 0.837. The van der Waals surface area contributed by atoms with Crippen molar-refractivity contribution in [2.75, 3.05) is 11.5 Å². The van der Waals surface area contributed by atoms with E-state index in [-0.39, 0.29) is 0 Å². The standard InChI is InChI=1S/C14H16N2/c1-10-4-2-3-5-11(10)8-12-9-13(15)6-7-14(12)16/h2-7,9H,8,15-16H2,1H3. The molecule has 0 aliphatic heterocycles. The van der Waals surface area contributed by atoms with E-state index in [2.05, 4.69) is 19.1 Å². The van der Waals surface area contributed by atoms with Crippen LogP contribution in [0.15, 0.2) is 42.5 Å². The Balaban J connectivity index is 2.34. The number of anilines is 2. The summed E-state index contributed by atoms with van der Waals surface area (Å²) in [7, 11) is 0. The summed E-state index contributed by atoms with van der Waals surface area (Å²) in [5.41, 5.74) is 16.9. The van der Waals surface area contributed by atoms with Gasteiger partial charge >= 0.3 is 0 Å². The van der Waals surface area contributed by atoms with Gasteiger partial charge in [-0.3, -0.25) is 0 Å². The molecule has 0 fully saturated rings. The van der Waals surface area contributed by atoms with Gasteiger partial charge < -0.3 is 11.5 Å². The first-order chi connectivity index (χ1) is 7.66. The molecule has 0 spiro atoms. The number of nitrogens with two attached hydrogens (primary N) is 2. The third kappa shape index (κ3) is 2.16. The van der Waals surface area contributed by atoms with Crippen molar-refractivity contribution in [2.45, 2.75) is 13.3 Å². The van der Waals surface area contributed by atoms with Crippen LogP contribution >= 0.6 is 0 Å². The van der Waals surface area contributed by atoms with Crippen molar-refractivity contribution >= 4 is 11.4 Å². The highest BCUT2D eigenvalue weighted by Gasteiger charge is 2.03. The number of benzene rings is 2. The maximum atomic E-state index is 5.93. The third-order valence-corrected chi connectivity index (χ3v) is 2.81. The van der Waals surface area contributed by atoms with Crippen LogP contribution in [0.1, 0.15) is 16.7 Å². The molecule has 16 heavy (non-hydrogen) atoms. The molecule has 0 aromatic heterocycles. The zero-order valence-electron chi connectivity index (χ0n) is 9.40. The Labute approximate surface area is 95.9 Å². The lowest BCUT2D eigenvalue weighted by Crippen LogP contribution is -1.98. The summed E-state index contributed by atoms with van der Waals surface area (Å²) in [5.74, 6) is 0. The predicted molar refractivity (Wildman–Crippen MR) is 69.3 cm³/mol. The number of hydrogen-bond donors (Lipinski definition) is 2. The summed E-state index contributed by atoms with van der Waals surface area (Å²) in [5, 5.41) is 0. The van der Waals surface area contributed by atoms with Gasteiger partial charge in [-0.15, -0.1) is 0 Å². The molecule has 0 atom stereocenters. The van der Waals surface area contributed by atoms with Crippen LogP contribution in [0.3, 0.4) is 0 Å². The van der Waals surface area contributed by atoms with Gasteiger partial charge in [0.25, 0.3) is 0 Å². The van der Waals surface area contributed by atoms with E-state index < -0.39 is 0 Å². The van der Waals surface area contributed by atoms with Crippen LogP contribution in [-0.2, 0) is 6.42 Å². The molecule has 2 nitrogen and oxygen atoms in total. The summed E-state index contributed by atoms with van der Waals surface area (Å²) in [6.45, 7) is 2.11. The smallest absolute Gasteiger partial charge is 0.0351 e. The molecule has 0 amide bonds. The molecule has 0 saturated heterocycles. The van der Waals surface area contributed by atoms with Gasteiger partial charge in [0.05, 0.1) is 0 Å². The predicted octanol–water partition coefficient (Wildman–Crippen LogP) is 2.75. The molecule has 2 aromatic rings. The van der Waals surface area contributed by atoms with Gasteiger partial charge in [0.1, 0.15) is 0 Å². The minimum atomic E-state index is 0.762. The topological polar surface area (TPSA) is 52.0 Å². The van der Waals surface area contributed by atoms with Crippen molar-refractivity contribution in [3.05, 3.63) is 59.2 Å². The van der Waals surface area contributed by atoms with Crippen molar-refractivity contribution in [1.82, 2.24) is 0 Å². The molecule has 0 aliphatic rings. The highest BCUT2D eigenvalue weighted by atomic mass is 14.6. The summed E-state index contributed by atoms with van der Waals surface area (Å²) < 4.78 is 0. The van der Waals surface area contributed by atoms with E-state index in [1.165, 1.54) is 11.1 Å². The average molecular weight is 212 g/mol. The Bertz CT molecular complexity index is 504. The molecule has 0 radical (unpaired) electrons. The lowest BCUT2D eigenvalue weighted by atomic mass is 9.99. The molecule has 0 saturated carbocycles. The minimum absolute atomic E-state index is 0.762. The van der Waals surface area contributed by atoms with Crippen LogP contribution in [0.25, 0.3) is 0 Å². The fraction of sp³-hybridized carbons (Fsp3) is 0.143. The van der Waals surface area contributed by atoms with Gasteiger partial charge in [0.2, 0.25) is 0 Å². The van der Waals surface area contributed by atoms with E-state index >= 15 is 0 Å². The van der Waals surface area contributed by atoms with Crippen molar-refractivity contribution in [2.24, 2.45) is 0 Å². The average Bonchev–Trinajstić information content (AvgIpc) is 2.27. The molecule has 0 bridgehead atoms. The fourth-order valence-corrected chi connectivity index (χ4v) is 1.79. The Hall–Kier alpha value is -1.96. The number of hydrogen-bond acceptors (Lipinski definition) is 2. The maximum absolute atomic E-state index is 5.93. The first kappa shape index (κ1) is 10.6. The first-order valence-corrected chi connectivity index (χ1v) is 5.35. The zero-order valence-corrected chi connectivity index (χ0v) is 9.40. The van der Waals surface area contributed by atoms with Gasteiger partial charge in [-0.25, -0.2) is 0 Å². The van der Waals surface area contributed by atoms with Crippen molar-refractivity contribution < 1.29 is 0 Å². The van der Waals surface area contributed by atoms with Crippen LogP contribution in [0, 0.1) is 6.92 Å². The second-order valence-corrected chi connectivity index (χ2v) is 4.06. The van der Waals surface area contributed by atoms with Gasteiger partial charge in [-0.05, 0) is 48.2 Å². The summed E-state index contributed by atoms with van der Waals surface area (Å²) >= 11 is 0. The van der Waals surface area contributed by atoms with Crippen molar-refractivity contribution in [3.8, 4) is 0 Å². The van der Waals surface area contributed by atoms with Crippen LogP contribution in [0.2, 0.25) is 0 Å². The van der Waals surface area contributed by atoms with Gasteiger partial charge in [0.15, 0.2) is 0 Å². The lowest BCUT2D eigenvalue weighted by Gasteiger charge is -2.09. The van der Waals surface area contributed by atoms with E-state index in [1.807, 2.05) is 30.3 Å². The molecular formula is C14H16N2. The lowest BCUT2D eigenvalue weighted by molar-refractivity contribution is 1.16. The molecule has 0 heterocycles. The molecular weight excluding hydrogens is 196 g/mol. The molecule has 2 rings (SSSR count). The maximum Gasteiger partial charge on any atom is 0.0351 e. The summed E-state index contributed by atoms with van der Waals surface area (Å²) in [6, 6.07) is 14.0. The largest absolute Gasteiger partial charge is 0.399 e. The second kappa shape index (κ2) is 4.27. The molecule has 2 heteroatoms. The van der Waals surface area contributed by atoms with Gasteiger partial charge in [0, 0.05) is 11.4 Å². The Morgan fingerprint density at radius 2 is 1.69 bits per heavy atom. The third-order valence-electron chi connectivity index (χ3n) is 2.81. The molecule has 4 N–H and O–H groups in total. The second-order valence-electron chi connectivity index (χ2n) is 4.06. The number of aryl methyl sites for hydroxylation is 1. The van der Waals surface area contributed by atoms with Crippen LogP contribution < -0.4 is 11.5 Å². The molecule has 82 valence electrons. The van der Waals surface area contributed by atoms with Gasteiger partial charge in [-0.2, -0.15) is 0 Å². The van der Waals surface area contributed by atoms with Crippen molar-refractivity contribution in [3.63, 3.8) is 0 Å². The van der Waals surface area contributed by atoms with E-state index in [9.17, 15) is 0 Å². The Morgan fingerprint density at radius 3 is 2.44 bits per heavy atom.